The van der Waals surface area contributed by atoms with Gasteiger partial charge in [-0.15, -0.1) is 0 Å². The number of fused-ring (bicyclic) bond motifs is 2. The van der Waals surface area contributed by atoms with Gasteiger partial charge < -0.3 is 18.9 Å². The van der Waals surface area contributed by atoms with Gasteiger partial charge in [0.25, 0.3) is 0 Å². The average molecular weight is 414 g/mol. The summed E-state index contributed by atoms with van der Waals surface area (Å²) in [6.45, 7) is 4.41. The molecule has 2 fully saturated rings. The summed E-state index contributed by atoms with van der Waals surface area (Å²) in [5.41, 5.74) is 0. The maximum atomic E-state index is 15.5. The molecule has 0 N–H and O–H groups in total. The van der Waals surface area contributed by atoms with Crippen LogP contribution in [0.2, 0.25) is 0 Å². The molecule has 0 aromatic carbocycles. The third kappa shape index (κ3) is 3.59. The fourth-order valence-corrected chi connectivity index (χ4v) is 4.56. The summed E-state index contributed by atoms with van der Waals surface area (Å²) in [5.74, 6) is -9.41. The van der Waals surface area contributed by atoms with Crippen LogP contribution in [0.4, 0.5) is 22.0 Å². The highest BCUT2D eigenvalue weighted by Crippen LogP contribution is 2.58. The van der Waals surface area contributed by atoms with Crippen LogP contribution in [0.15, 0.2) is 12.2 Å². The summed E-state index contributed by atoms with van der Waals surface area (Å²) in [7, 11) is 0. The van der Waals surface area contributed by atoms with Crippen molar-refractivity contribution in [1.29, 1.82) is 0 Å². The lowest BCUT2D eigenvalue weighted by Gasteiger charge is -2.52. The summed E-state index contributed by atoms with van der Waals surface area (Å²) < 4.78 is 93.4. The molecule has 0 aromatic heterocycles. The molecule has 0 aromatic rings. The predicted molar refractivity (Wildman–Crippen MR) is 89.4 cm³/mol. The van der Waals surface area contributed by atoms with Gasteiger partial charge in [-0.25, -0.2) is 0 Å². The molecule has 7 unspecified atom stereocenters. The summed E-state index contributed by atoms with van der Waals surface area (Å²) in [5, 5.41) is 0. The van der Waals surface area contributed by atoms with Gasteiger partial charge in [-0.05, 0) is 50.9 Å². The standard InChI is InChI=1S/C19H27F5O4/c1-4-6-15-26-16(14-10-12-7-8-13(14)9-12)17(20,21)18(28-15,19(22,23)24)27-11(3)25-5-2/h7-8,11-16H,4-6,9-10H2,1-3H3. The first kappa shape index (κ1) is 21.9. The van der Waals surface area contributed by atoms with Crippen LogP contribution >= 0.6 is 0 Å². The normalized spacial score (nSPS) is 40.8. The van der Waals surface area contributed by atoms with Crippen molar-refractivity contribution in [3.63, 3.8) is 0 Å². The number of ether oxygens (including phenoxy) is 4. The van der Waals surface area contributed by atoms with Crippen LogP contribution in [-0.4, -0.2) is 43.2 Å². The van der Waals surface area contributed by atoms with E-state index in [1.807, 2.05) is 12.2 Å². The summed E-state index contributed by atoms with van der Waals surface area (Å²) in [6, 6.07) is 0. The first-order valence-electron chi connectivity index (χ1n) is 9.81. The van der Waals surface area contributed by atoms with Gasteiger partial charge in [0, 0.05) is 6.61 Å². The van der Waals surface area contributed by atoms with Crippen molar-refractivity contribution in [1.82, 2.24) is 0 Å². The van der Waals surface area contributed by atoms with Crippen molar-refractivity contribution >= 4 is 0 Å². The molecule has 4 nitrogen and oxygen atoms in total. The van der Waals surface area contributed by atoms with Crippen LogP contribution < -0.4 is 0 Å². The molecule has 2 aliphatic carbocycles. The van der Waals surface area contributed by atoms with E-state index in [1.165, 1.54) is 6.92 Å². The third-order valence-corrected chi connectivity index (χ3v) is 5.74. The monoisotopic (exact) mass is 414 g/mol. The molecule has 1 saturated carbocycles. The zero-order valence-corrected chi connectivity index (χ0v) is 16.2. The van der Waals surface area contributed by atoms with E-state index in [-0.39, 0.29) is 24.9 Å². The average Bonchev–Trinajstić information content (AvgIpc) is 3.20. The number of hydrogen-bond acceptors (Lipinski definition) is 4. The maximum absolute atomic E-state index is 15.5. The predicted octanol–water partition coefficient (Wildman–Crippen LogP) is 5.03. The molecule has 28 heavy (non-hydrogen) atoms. The second-order valence-corrected chi connectivity index (χ2v) is 7.71. The van der Waals surface area contributed by atoms with Crippen molar-refractivity contribution in [2.45, 2.75) is 83.0 Å². The van der Waals surface area contributed by atoms with Gasteiger partial charge in [0.05, 0.1) is 0 Å². The number of allylic oxidation sites excluding steroid dienone is 2. The topological polar surface area (TPSA) is 36.9 Å². The minimum Gasteiger partial charge on any atom is -0.353 e. The van der Waals surface area contributed by atoms with Gasteiger partial charge in [-0.2, -0.15) is 22.0 Å². The van der Waals surface area contributed by atoms with Crippen molar-refractivity contribution < 1.29 is 40.9 Å². The fraction of sp³-hybridized carbons (Fsp3) is 0.895. The third-order valence-electron chi connectivity index (χ3n) is 5.74. The zero-order valence-electron chi connectivity index (χ0n) is 16.2. The van der Waals surface area contributed by atoms with Gasteiger partial charge in [0.1, 0.15) is 6.10 Å². The lowest BCUT2D eigenvalue weighted by Crippen LogP contribution is -2.73. The van der Waals surface area contributed by atoms with E-state index in [0.717, 1.165) is 6.92 Å². The van der Waals surface area contributed by atoms with E-state index in [9.17, 15) is 13.2 Å². The molecule has 0 spiro atoms. The van der Waals surface area contributed by atoms with Crippen molar-refractivity contribution in [2.24, 2.45) is 17.8 Å². The Balaban J connectivity index is 2.00. The molecule has 3 aliphatic rings. The molecule has 0 amide bonds. The number of rotatable bonds is 7. The Labute approximate surface area is 161 Å². The molecule has 3 rings (SSSR count). The van der Waals surface area contributed by atoms with E-state index >= 15 is 8.78 Å². The Kier molecular flexibility index (Phi) is 6.12. The molecular weight excluding hydrogens is 387 g/mol. The Morgan fingerprint density at radius 3 is 2.39 bits per heavy atom. The number of alkyl halides is 5. The highest BCUT2D eigenvalue weighted by Gasteiger charge is 2.80. The number of halogens is 5. The summed E-state index contributed by atoms with van der Waals surface area (Å²) in [6.07, 6.45) is -5.16. The SMILES string of the molecule is CCCC1OC(C2CC3C=CC2C3)C(F)(F)C(OC(C)OCC)(C(F)(F)F)O1. The summed E-state index contributed by atoms with van der Waals surface area (Å²) >= 11 is 0. The second kappa shape index (κ2) is 7.81. The lowest BCUT2D eigenvalue weighted by molar-refractivity contribution is -0.530. The number of hydrogen-bond donors (Lipinski definition) is 0. The van der Waals surface area contributed by atoms with Crippen molar-refractivity contribution in [2.75, 3.05) is 6.61 Å². The Morgan fingerprint density at radius 2 is 1.89 bits per heavy atom. The van der Waals surface area contributed by atoms with E-state index < -0.39 is 42.5 Å². The molecule has 2 bridgehead atoms. The molecule has 1 saturated heterocycles. The highest BCUT2D eigenvalue weighted by atomic mass is 19.4. The first-order chi connectivity index (χ1) is 13.1. The Hall–Kier alpha value is -0.770. The summed E-state index contributed by atoms with van der Waals surface area (Å²) in [4.78, 5) is 0. The van der Waals surface area contributed by atoms with E-state index in [2.05, 4.69) is 0 Å². The molecule has 1 heterocycles. The van der Waals surface area contributed by atoms with Gasteiger partial charge in [-0.3, -0.25) is 0 Å². The Bertz CT molecular complexity index is 577. The molecule has 162 valence electrons. The van der Waals surface area contributed by atoms with Gasteiger partial charge in [-0.1, -0.05) is 25.5 Å². The smallest absolute Gasteiger partial charge is 0.353 e. The van der Waals surface area contributed by atoms with Crippen LogP contribution in [0.3, 0.4) is 0 Å². The first-order valence-corrected chi connectivity index (χ1v) is 9.81. The van der Waals surface area contributed by atoms with E-state index in [0.29, 0.717) is 19.3 Å². The van der Waals surface area contributed by atoms with Crippen molar-refractivity contribution in [3.8, 4) is 0 Å². The Morgan fingerprint density at radius 1 is 1.18 bits per heavy atom. The zero-order chi connectivity index (χ0) is 20.7. The van der Waals surface area contributed by atoms with Gasteiger partial charge >= 0.3 is 17.9 Å². The minimum atomic E-state index is -5.48. The second-order valence-electron chi connectivity index (χ2n) is 7.71. The van der Waals surface area contributed by atoms with Crippen LogP contribution in [-0.2, 0) is 18.9 Å². The van der Waals surface area contributed by atoms with Gasteiger partial charge in [0.15, 0.2) is 12.6 Å². The fourth-order valence-electron chi connectivity index (χ4n) is 4.56. The van der Waals surface area contributed by atoms with Crippen LogP contribution in [0.1, 0.15) is 46.5 Å². The maximum Gasteiger partial charge on any atom is 0.450 e. The molecular formula is C19H27F5O4. The molecule has 7 atom stereocenters. The quantitative estimate of drug-likeness (QED) is 0.333. The molecule has 1 aliphatic heterocycles. The van der Waals surface area contributed by atoms with Gasteiger partial charge in [0.2, 0.25) is 0 Å². The van der Waals surface area contributed by atoms with Crippen LogP contribution in [0, 0.1) is 17.8 Å². The van der Waals surface area contributed by atoms with E-state index in [1.54, 1.807) is 6.92 Å². The highest BCUT2D eigenvalue weighted by molar-refractivity contribution is 5.15. The van der Waals surface area contributed by atoms with Crippen LogP contribution in [0.5, 0.6) is 0 Å². The van der Waals surface area contributed by atoms with Crippen LogP contribution in [0.25, 0.3) is 0 Å². The molecule has 0 radical (unpaired) electrons. The van der Waals surface area contributed by atoms with Crippen molar-refractivity contribution in [3.05, 3.63) is 12.2 Å². The molecule has 9 heteroatoms. The van der Waals surface area contributed by atoms with E-state index in [4.69, 9.17) is 18.9 Å². The largest absolute Gasteiger partial charge is 0.450 e. The minimum absolute atomic E-state index is 0.0101. The lowest BCUT2D eigenvalue weighted by atomic mass is 9.82.